The highest BCUT2D eigenvalue weighted by atomic mass is 35.5. The number of hydrogen-bond donors (Lipinski definition) is 3. The molecule has 0 radical (unpaired) electrons. The van der Waals surface area contributed by atoms with Crippen molar-refractivity contribution in [3.63, 3.8) is 0 Å². The molecule has 0 heterocycles. The number of nitrogens with one attached hydrogen (secondary N) is 1. The zero-order valence-electron chi connectivity index (χ0n) is 14.8. The van der Waals surface area contributed by atoms with Gasteiger partial charge in [0.1, 0.15) is 0 Å². The van der Waals surface area contributed by atoms with Crippen molar-refractivity contribution in [1.82, 2.24) is 5.32 Å². The fourth-order valence-corrected chi connectivity index (χ4v) is 3.93. The summed E-state index contributed by atoms with van der Waals surface area (Å²) >= 11 is 11.9. The lowest BCUT2D eigenvalue weighted by Crippen LogP contribution is -2.25. The van der Waals surface area contributed by atoms with E-state index in [0.29, 0.717) is 35.2 Å². The topological polar surface area (TPSA) is 104 Å². The summed E-state index contributed by atoms with van der Waals surface area (Å²) < 4.78 is 31.7. The fraction of sp³-hybridized carbons (Fsp3) is 0.438. The summed E-state index contributed by atoms with van der Waals surface area (Å²) in [7, 11) is 3.06. The lowest BCUT2D eigenvalue weighted by molar-refractivity contribution is -0.192. The molecule has 164 valence electrons. The highest BCUT2D eigenvalue weighted by Gasteiger charge is 2.38. The van der Waals surface area contributed by atoms with Crippen molar-refractivity contribution >= 4 is 62.6 Å². The van der Waals surface area contributed by atoms with Gasteiger partial charge in [-0.1, -0.05) is 50.9 Å². The van der Waals surface area contributed by atoms with Gasteiger partial charge < -0.3 is 15.5 Å². The van der Waals surface area contributed by atoms with Gasteiger partial charge >= 0.3 is 18.1 Å². The Balaban J connectivity index is 0.000000956. The van der Waals surface area contributed by atoms with Gasteiger partial charge in [-0.05, 0) is 24.1 Å². The van der Waals surface area contributed by atoms with Crippen molar-refractivity contribution in [3.8, 4) is 0 Å². The van der Waals surface area contributed by atoms with Gasteiger partial charge in [-0.3, -0.25) is 9.59 Å². The Morgan fingerprint density at radius 2 is 1.62 bits per heavy atom. The number of aliphatic carboxylic acids is 2. The van der Waals surface area contributed by atoms with Crippen LogP contribution in [0.25, 0.3) is 0 Å². The summed E-state index contributed by atoms with van der Waals surface area (Å²) in [6.07, 6.45) is -3.98. The third kappa shape index (κ3) is 15.2. The smallest absolute Gasteiger partial charge is 0.481 e. The van der Waals surface area contributed by atoms with Gasteiger partial charge in [-0.15, -0.1) is 0 Å². The second-order valence-electron chi connectivity index (χ2n) is 5.18. The second-order valence-corrected chi connectivity index (χ2v) is 8.72. The molecule has 1 rings (SSSR count). The lowest BCUT2D eigenvalue weighted by atomic mass is 10.1. The molecule has 0 aromatic heterocycles. The van der Waals surface area contributed by atoms with Crippen LogP contribution in [0.1, 0.15) is 18.4 Å². The monoisotopic (exact) mass is 495 g/mol. The van der Waals surface area contributed by atoms with Crippen LogP contribution < -0.4 is 5.32 Å². The first-order valence-corrected chi connectivity index (χ1v) is 11.1. The Bertz CT molecular complexity index is 693. The molecule has 0 aliphatic carbocycles. The molecule has 0 aliphatic heterocycles. The van der Waals surface area contributed by atoms with Gasteiger partial charge in [-0.2, -0.15) is 13.2 Å². The van der Waals surface area contributed by atoms with Gasteiger partial charge in [0.15, 0.2) is 0 Å². The third-order valence-corrected chi connectivity index (χ3v) is 5.86. The van der Waals surface area contributed by atoms with Gasteiger partial charge in [-0.25, -0.2) is 4.79 Å². The molecule has 1 aromatic carbocycles. The summed E-state index contributed by atoms with van der Waals surface area (Å²) in [6, 6.07) is 5.25. The number of carbonyl (C=O) groups is 3. The minimum atomic E-state index is -5.08. The summed E-state index contributed by atoms with van der Waals surface area (Å²) in [6.45, 7) is 0.567. The fourth-order valence-electron chi connectivity index (χ4n) is 1.54. The highest BCUT2D eigenvalue weighted by molar-refractivity contribution is 8.76. The molecule has 3 N–H and O–H groups in total. The van der Waals surface area contributed by atoms with Crippen LogP contribution in [0.2, 0.25) is 10.0 Å². The van der Waals surface area contributed by atoms with Gasteiger partial charge in [0.25, 0.3) is 0 Å². The molecule has 1 amide bonds. The first-order valence-electron chi connectivity index (χ1n) is 7.90. The van der Waals surface area contributed by atoms with Crippen LogP contribution in [0.4, 0.5) is 13.2 Å². The maximum Gasteiger partial charge on any atom is 0.490 e. The van der Waals surface area contributed by atoms with Crippen LogP contribution in [0, 0.1) is 0 Å². The van der Waals surface area contributed by atoms with Crippen molar-refractivity contribution in [2.24, 2.45) is 0 Å². The van der Waals surface area contributed by atoms with E-state index < -0.39 is 18.1 Å². The summed E-state index contributed by atoms with van der Waals surface area (Å²) in [5, 5.41) is 19.6. The number of halogens is 5. The zero-order valence-corrected chi connectivity index (χ0v) is 17.9. The average molecular weight is 496 g/mol. The van der Waals surface area contributed by atoms with Crippen molar-refractivity contribution in [2.75, 3.05) is 18.1 Å². The number of carboxylic acids is 2. The summed E-state index contributed by atoms with van der Waals surface area (Å²) in [4.78, 5) is 30.9. The van der Waals surface area contributed by atoms with Crippen molar-refractivity contribution in [3.05, 3.63) is 33.8 Å². The number of rotatable bonds is 10. The van der Waals surface area contributed by atoms with E-state index in [1.807, 2.05) is 6.07 Å². The molecule has 0 atom stereocenters. The molecular formula is C16H18Cl2F3NO5S2. The van der Waals surface area contributed by atoms with Crippen molar-refractivity contribution in [1.29, 1.82) is 0 Å². The van der Waals surface area contributed by atoms with E-state index in [-0.39, 0.29) is 12.3 Å². The van der Waals surface area contributed by atoms with Crippen LogP contribution in [-0.4, -0.2) is 52.3 Å². The molecule has 0 unspecified atom stereocenters. The molecule has 6 nitrogen and oxygen atoms in total. The summed E-state index contributed by atoms with van der Waals surface area (Å²) in [5.74, 6) is -2.25. The number of amides is 1. The van der Waals surface area contributed by atoms with E-state index in [4.69, 9.17) is 38.2 Å². The minimum Gasteiger partial charge on any atom is -0.481 e. The van der Waals surface area contributed by atoms with Gasteiger partial charge in [0.2, 0.25) is 5.91 Å². The summed E-state index contributed by atoms with van der Waals surface area (Å²) in [5.41, 5.74) is 0.903. The number of benzene rings is 1. The number of alkyl halides is 3. The minimum absolute atomic E-state index is 0.0258. The van der Waals surface area contributed by atoms with Crippen LogP contribution in [0.5, 0.6) is 0 Å². The standard InChI is InChI=1S/C14H17Cl2NO3S2.C2HF3O2/c15-11-3-1-10(12(16)9-11)2-4-13(18)17-6-8-22-21-7-5-14(19)20;3-2(4,5)1(6)7/h1,3,9H,2,4-8H2,(H,17,18)(H,19,20);(H,6,7). The molecule has 0 saturated heterocycles. The molecule has 0 aliphatic rings. The van der Waals surface area contributed by atoms with Crippen LogP contribution in [0.15, 0.2) is 18.2 Å². The van der Waals surface area contributed by atoms with Crippen LogP contribution >= 0.6 is 44.8 Å². The molecular weight excluding hydrogens is 478 g/mol. The van der Waals surface area contributed by atoms with E-state index in [9.17, 15) is 22.8 Å². The highest BCUT2D eigenvalue weighted by Crippen LogP contribution is 2.22. The largest absolute Gasteiger partial charge is 0.490 e. The Hall–Kier alpha value is -1.30. The van der Waals surface area contributed by atoms with Crippen LogP contribution in [-0.2, 0) is 20.8 Å². The lowest BCUT2D eigenvalue weighted by Gasteiger charge is -2.06. The molecule has 0 saturated carbocycles. The molecule has 13 heteroatoms. The predicted octanol–water partition coefficient (Wildman–Crippen LogP) is 4.53. The Morgan fingerprint density at radius 3 is 2.14 bits per heavy atom. The van der Waals surface area contributed by atoms with E-state index >= 15 is 0 Å². The van der Waals surface area contributed by atoms with Crippen molar-refractivity contribution in [2.45, 2.75) is 25.4 Å². The zero-order chi connectivity index (χ0) is 22.4. The molecule has 1 aromatic rings. The van der Waals surface area contributed by atoms with Crippen molar-refractivity contribution < 1.29 is 37.8 Å². The van der Waals surface area contributed by atoms with Gasteiger partial charge in [0, 0.05) is 34.5 Å². The Morgan fingerprint density at radius 1 is 1.03 bits per heavy atom. The first-order chi connectivity index (χ1) is 13.4. The Kier molecular flexibility index (Phi) is 14.0. The third-order valence-electron chi connectivity index (χ3n) is 2.87. The predicted molar refractivity (Wildman–Crippen MR) is 109 cm³/mol. The van der Waals surface area contributed by atoms with E-state index in [1.54, 1.807) is 22.9 Å². The number of carboxylic acid groups (broad SMARTS) is 2. The number of aryl methyl sites for hydroxylation is 1. The normalized spacial score (nSPS) is 10.7. The second kappa shape index (κ2) is 14.6. The molecule has 0 fully saturated rings. The van der Waals surface area contributed by atoms with E-state index in [2.05, 4.69) is 5.32 Å². The molecule has 0 spiro atoms. The molecule has 0 bridgehead atoms. The van der Waals surface area contributed by atoms with E-state index in [1.165, 1.54) is 10.8 Å². The SMILES string of the molecule is O=C(O)C(F)(F)F.O=C(O)CCSSCCNC(=O)CCc1ccc(Cl)cc1Cl. The van der Waals surface area contributed by atoms with E-state index in [0.717, 1.165) is 11.3 Å². The Labute approximate surface area is 182 Å². The average Bonchev–Trinajstić information content (AvgIpc) is 2.59. The quantitative estimate of drug-likeness (QED) is 0.323. The van der Waals surface area contributed by atoms with Crippen LogP contribution in [0.3, 0.4) is 0 Å². The maximum absolute atomic E-state index is 11.7. The number of carbonyl (C=O) groups excluding carboxylic acids is 1. The number of hydrogen-bond acceptors (Lipinski definition) is 5. The first kappa shape index (κ1) is 27.7. The van der Waals surface area contributed by atoms with Gasteiger partial charge in [0.05, 0.1) is 6.42 Å². The maximum atomic E-state index is 11.7. The molecule has 29 heavy (non-hydrogen) atoms.